The second-order valence-corrected chi connectivity index (χ2v) is 5.24. The Kier molecular flexibility index (Phi) is 5.05. The van der Waals surface area contributed by atoms with Gasteiger partial charge in [-0.05, 0) is 37.3 Å². The number of hydrogen-bond acceptors (Lipinski definition) is 2. The van der Waals surface area contributed by atoms with Crippen molar-refractivity contribution in [2.75, 3.05) is 0 Å². The molecule has 0 saturated heterocycles. The molecule has 1 aromatic heterocycles. The molecule has 2 aromatic rings. The van der Waals surface area contributed by atoms with Gasteiger partial charge in [-0.15, -0.1) is 0 Å². The maximum absolute atomic E-state index is 12.8. The Morgan fingerprint density at radius 3 is 2.00 bits per heavy atom. The Morgan fingerprint density at radius 2 is 1.56 bits per heavy atom. The van der Waals surface area contributed by atoms with Crippen LogP contribution in [0.2, 0.25) is 0 Å². The molecule has 1 unspecified atom stereocenters. The molecule has 1 aromatic carbocycles. The van der Waals surface area contributed by atoms with Crippen LogP contribution >= 0.6 is 0 Å². The van der Waals surface area contributed by atoms with Crippen LogP contribution in [-0.2, 0) is 12.4 Å². The molecule has 0 radical (unpaired) electrons. The molecule has 1 atom stereocenters. The number of halogens is 6. The van der Waals surface area contributed by atoms with Crippen LogP contribution in [0.5, 0.6) is 0 Å². The summed E-state index contributed by atoms with van der Waals surface area (Å²) in [6.07, 6.45) is -8.57. The van der Waals surface area contributed by atoms with Crippen molar-refractivity contribution in [3.63, 3.8) is 0 Å². The van der Waals surface area contributed by atoms with Crippen LogP contribution in [-0.4, -0.2) is 10.9 Å². The molecule has 0 aliphatic carbocycles. The summed E-state index contributed by atoms with van der Waals surface area (Å²) >= 11 is 0. The van der Waals surface area contributed by atoms with Gasteiger partial charge in [-0.3, -0.25) is 9.78 Å². The average Bonchev–Trinajstić information content (AvgIpc) is 2.53. The van der Waals surface area contributed by atoms with Gasteiger partial charge in [-0.25, -0.2) is 0 Å². The monoisotopic (exact) mass is 362 g/mol. The lowest BCUT2D eigenvalue weighted by Gasteiger charge is -2.16. The van der Waals surface area contributed by atoms with Crippen LogP contribution in [0.1, 0.15) is 40.1 Å². The third-order valence-electron chi connectivity index (χ3n) is 3.33. The van der Waals surface area contributed by atoms with Crippen molar-refractivity contribution in [3.8, 4) is 0 Å². The fourth-order valence-electron chi connectivity index (χ4n) is 2.07. The van der Waals surface area contributed by atoms with Gasteiger partial charge in [-0.2, -0.15) is 26.3 Å². The number of alkyl halides is 6. The molecule has 0 saturated carbocycles. The van der Waals surface area contributed by atoms with Crippen LogP contribution in [0.15, 0.2) is 42.6 Å². The van der Waals surface area contributed by atoms with E-state index in [-0.39, 0.29) is 6.07 Å². The molecule has 2 rings (SSSR count). The Hall–Kier alpha value is -2.58. The van der Waals surface area contributed by atoms with Crippen molar-refractivity contribution in [1.82, 2.24) is 10.3 Å². The van der Waals surface area contributed by atoms with Crippen molar-refractivity contribution in [2.24, 2.45) is 0 Å². The minimum atomic E-state index is -5.01. The predicted octanol–water partition coefficient (Wildman–Crippen LogP) is 4.61. The van der Waals surface area contributed by atoms with E-state index in [1.807, 2.05) is 0 Å². The van der Waals surface area contributed by atoms with Crippen LogP contribution in [0.3, 0.4) is 0 Å². The minimum absolute atomic E-state index is 0.0288. The van der Waals surface area contributed by atoms with Gasteiger partial charge in [0, 0.05) is 11.8 Å². The highest BCUT2D eigenvalue weighted by Gasteiger charge is 2.37. The van der Waals surface area contributed by atoms with Gasteiger partial charge in [0.2, 0.25) is 0 Å². The van der Waals surface area contributed by atoms with E-state index in [0.717, 1.165) is 0 Å². The number of pyridine rings is 1. The summed E-state index contributed by atoms with van der Waals surface area (Å²) in [7, 11) is 0. The number of amides is 1. The molecule has 0 fully saturated rings. The maximum atomic E-state index is 12.8. The van der Waals surface area contributed by atoms with E-state index in [0.29, 0.717) is 17.8 Å². The Labute approximate surface area is 138 Å². The van der Waals surface area contributed by atoms with E-state index in [1.165, 1.54) is 13.1 Å². The highest BCUT2D eigenvalue weighted by atomic mass is 19.4. The smallest absolute Gasteiger partial charge is 0.344 e. The van der Waals surface area contributed by atoms with E-state index >= 15 is 0 Å². The molecule has 1 heterocycles. The molecular weight excluding hydrogens is 350 g/mol. The molecule has 3 nitrogen and oxygen atoms in total. The average molecular weight is 362 g/mol. The zero-order valence-electron chi connectivity index (χ0n) is 12.7. The molecule has 1 N–H and O–H groups in total. The maximum Gasteiger partial charge on any atom is 0.416 e. The number of nitrogens with zero attached hydrogens (tertiary/aromatic N) is 1. The lowest BCUT2D eigenvalue weighted by molar-refractivity contribution is -0.143. The number of carbonyl (C=O) groups excluding carboxylic acids is 1. The third kappa shape index (κ3) is 4.71. The van der Waals surface area contributed by atoms with E-state index < -0.39 is 41.0 Å². The van der Waals surface area contributed by atoms with Gasteiger partial charge in [0.1, 0.15) is 0 Å². The molecule has 0 spiro atoms. The number of benzene rings is 1. The topological polar surface area (TPSA) is 42.0 Å². The Morgan fingerprint density at radius 1 is 1.00 bits per heavy atom. The molecule has 0 aliphatic heterocycles. The SMILES string of the molecule is CC(NC(=O)c1cc(C(F)(F)F)cc(C(F)(F)F)c1)c1ccccn1. The zero-order valence-corrected chi connectivity index (χ0v) is 12.7. The lowest BCUT2D eigenvalue weighted by Crippen LogP contribution is -2.28. The van der Waals surface area contributed by atoms with Gasteiger partial charge < -0.3 is 5.32 Å². The summed E-state index contributed by atoms with van der Waals surface area (Å²) in [6, 6.07) is 4.87. The first-order valence-corrected chi connectivity index (χ1v) is 7.00. The molecule has 25 heavy (non-hydrogen) atoms. The van der Waals surface area contributed by atoms with Crippen LogP contribution in [0.25, 0.3) is 0 Å². The number of aromatic nitrogens is 1. The van der Waals surface area contributed by atoms with Gasteiger partial charge in [0.25, 0.3) is 5.91 Å². The summed E-state index contributed by atoms with van der Waals surface area (Å²) in [5.74, 6) is -1.06. The first-order chi connectivity index (χ1) is 11.5. The fraction of sp³-hybridized carbons (Fsp3) is 0.250. The minimum Gasteiger partial charge on any atom is -0.344 e. The third-order valence-corrected chi connectivity index (χ3v) is 3.33. The lowest BCUT2D eigenvalue weighted by atomic mass is 10.0. The molecule has 0 aliphatic rings. The number of carbonyl (C=O) groups is 1. The summed E-state index contributed by atoms with van der Waals surface area (Å²) in [4.78, 5) is 16.1. The number of hydrogen-bond donors (Lipinski definition) is 1. The van der Waals surface area contributed by atoms with Gasteiger partial charge >= 0.3 is 12.4 Å². The van der Waals surface area contributed by atoms with Gasteiger partial charge in [0.15, 0.2) is 0 Å². The summed E-state index contributed by atoms with van der Waals surface area (Å²) in [5.41, 5.74) is -3.40. The highest BCUT2D eigenvalue weighted by Crippen LogP contribution is 2.36. The predicted molar refractivity (Wildman–Crippen MR) is 76.6 cm³/mol. The second-order valence-electron chi connectivity index (χ2n) is 5.24. The molecule has 0 bridgehead atoms. The number of nitrogens with one attached hydrogen (secondary N) is 1. The first kappa shape index (κ1) is 18.8. The van der Waals surface area contributed by atoms with Gasteiger partial charge in [0.05, 0.1) is 22.9 Å². The fourth-order valence-corrected chi connectivity index (χ4v) is 2.07. The summed E-state index contributed by atoms with van der Waals surface area (Å²) < 4.78 is 76.9. The number of rotatable bonds is 3. The van der Waals surface area contributed by atoms with Crippen molar-refractivity contribution in [3.05, 3.63) is 65.0 Å². The zero-order chi connectivity index (χ0) is 18.8. The van der Waals surface area contributed by atoms with Crippen LogP contribution in [0, 0.1) is 0 Å². The Bertz CT molecular complexity index is 723. The first-order valence-electron chi connectivity index (χ1n) is 7.00. The van der Waals surface area contributed by atoms with E-state index in [2.05, 4.69) is 10.3 Å². The quantitative estimate of drug-likeness (QED) is 0.811. The van der Waals surface area contributed by atoms with Crippen LogP contribution < -0.4 is 5.32 Å². The summed E-state index contributed by atoms with van der Waals surface area (Å²) in [6.45, 7) is 1.51. The van der Waals surface area contributed by atoms with Gasteiger partial charge in [-0.1, -0.05) is 6.07 Å². The van der Waals surface area contributed by atoms with Crippen molar-refractivity contribution < 1.29 is 31.1 Å². The van der Waals surface area contributed by atoms with Crippen molar-refractivity contribution >= 4 is 5.91 Å². The van der Waals surface area contributed by atoms with Crippen LogP contribution in [0.4, 0.5) is 26.3 Å². The standard InChI is InChI=1S/C16H12F6N2O/c1-9(13-4-2-3-5-23-13)24-14(25)10-6-11(15(17,18)19)8-12(7-10)16(20,21)22/h2-9H,1H3,(H,24,25). The largest absolute Gasteiger partial charge is 0.416 e. The van der Waals surface area contributed by atoms with E-state index in [4.69, 9.17) is 0 Å². The molecular formula is C16H12F6N2O. The van der Waals surface area contributed by atoms with E-state index in [9.17, 15) is 31.1 Å². The highest BCUT2D eigenvalue weighted by molar-refractivity contribution is 5.94. The molecule has 9 heteroatoms. The van der Waals surface area contributed by atoms with Crippen molar-refractivity contribution in [1.29, 1.82) is 0 Å². The Balaban J connectivity index is 2.35. The van der Waals surface area contributed by atoms with E-state index in [1.54, 1.807) is 18.2 Å². The summed E-state index contributed by atoms with van der Waals surface area (Å²) in [5, 5.41) is 2.33. The molecule has 134 valence electrons. The molecule has 1 amide bonds. The van der Waals surface area contributed by atoms with Crippen molar-refractivity contribution in [2.45, 2.75) is 25.3 Å². The second kappa shape index (κ2) is 6.73. The normalized spacial score (nSPS) is 13.4.